The summed E-state index contributed by atoms with van der Waals surface area (Å²) < 4.78 is 10.6. The van der Waals surface area contributed by atoms with Gasteiger partial charge >= 0.3 is 6.09 Å². The van der Waals surface area contributed by atoms with Gasteiger partial charge in [0.1, 0.15) is 12.4 Å². The smallest absolute Gasteiger partial charge is 0.407 e. The van der Waals surface area contributed by atoms with Gasteiger partial charge < -0.3 is 19.8 Å². The molecule has 1 aromatic carbocycles. The zero-order chi connectivity index (χ0) is 16.1. The van der Waals surface area contributed by atoms with Crippen molar-refractivity contribution in [3.8, 4) is 0 Å². The highest BCUT2D eigenvalue weighted by molar-refractivity contribution is 5.67. The fourth-order valence-corrected chi connectivity index (χ4v) is 2.78. The maximum Gasteiger partial charge on any atom is 0.407 e. The summed E-state index contributed by atoms with van der Waals surface area (Å²) in [6, 6.07) is 14.3. The summed E-state index contributed by atoms with van der Waals surface area (Å²) >= 11 is 0. The van der Waals surface area contributed by atoms with Crippen LogP contribution in [-0.4, -0.2) is 18.2 Å². The first kappa shape index (κ1) is 15.6. The van der Waals surface area contributed by atoms with Crippen molar-refractivity contribution in [2.24, 2.45) is 0 Å². The lowest BCUT2D eigenvalue weighted by Gasteiger charge is -2.37. The first-order valence-corrected chi connectivity index (χ1v) is 7.97. The quantitative estimate of drug-likeness (QED) is 0.858. The van der Waals surface area contributed by atoms with Gasteiger partial charge in [0.05, 0.1) is 12.3 Å². The Morgan fingerprint density at radius 2 is 2.00 bits per heavy atom. The summed E-state index contributed by atoms with van der Waals surface area (Å²) in [7, 11) is 0. The average molecular weight is 314 g/mol. The summed E-state index contributed by atoms with van der Waals surface area (Å²) in [6.07, 6.45) is 3.15. The van der Waals surface area contributed by atoms with Crippen LogP contribution in [0.25, 0.3) is 0 Å². The Kier molecular flexibility index (Phi) is 4.98. The molecule has 0 spiro atoms. The zero-order valence-corrected chi connectivity index (χ0v) is 13.2. The Bertz CT molecular complexity index is 606. The van der Waals surface area contributed by atoms with Gasteiger partial charge in [-0.05, 0) is 37.5 Å². The molecule has 1 fully saturated rings. The SMILES string of the molecule is C[C@H](NC1CC(NC(=O)OCc2ccccc2)C1)c1ccco1. The Morgan fingerprint density at radius 1 is 1.22 bits per heavy atom. The van der Waals surface area contributed by atoms with E-state index in [4.69, 9.17) is 9.15 Å². The van der Waals surface area contributed by atoms with Gasteiger partial charge in [-0.25, -0.2) is 4.79 Å². The van der Waals surface area contributed by atoms with Crippen LogP contribution in [0.2, 0.25) is 0 Å². The number of ether oxygens (including phenoxy) is 1. The van der Waals surface area contributed by atoms with E-state index < -0.39 is 0 Å². The van der Waals surface area contributed by atoms with Crippen molar-refractivity contribution in [1.29, 1.82) is 0 Å². The Labute approximate surface area is 136 Å². The van der Waals surface area contributed by atoms with Gasteiger partial charge in [-0.3, -0.25) is 0 Å². The van der Waals surface area contributed by atoms with Crippen LogP contribution in [0.4, 0.5) is 4.79 Å². The number of amides is 1. The molecule has 0 unspecified atom stereocenters. The third-order valence-corrected chi connectivity index (χ3v) is 4.13. The van der Waals surface area contributed by atoms with Crippen molar-refractivity contribution < 1.29 is 13.9 Å². The molecule has 1 amide bonds. The van der Waals surface area contributed by atoms with E-state index in [1.54, 1.807) is 6.26 Å². The molecule has 122 valence electrons. The lowest BCUT2D eigenvalue weighted by atomic mass is 9.86. The molecule has 5 nitrogen and oxygen atoms in total. The standard InChI is InChI=1S/C18H22N2O3/c1-13(17-8-5-9-22-17)19-15-10-16(11-15)20-18(21)23-12-14-6-3-2-4-7-14/h2-9,13,15-16,19H,10-12H2,1H3,(H,20,21)/t13-,15?,16?/m0/s1. The third kappa shape index (κ3) is 4.36. The van der Waals surface area contributed by atoms with Crippen LogP contribution < -0.4 is 10.6 Å². The molecule has 0 bridgehead atoms. The minimum Gasteiger partial charge on any atom is -0.468 e. The molecule has 5 heteroatoms. The van der Waals surface area contributed by atoms with Gasteiger partial charge in [-0.2, -0.15) is 0 Å². The van der Waals surface area contributed by atoms with Crippen molar-refractivity contribution in [3.63, 3.8) is 0 Å². The number of furan rings is 1. The van der Waals surface area contributed by atoms with Crippen LogP contribution in [-0.2, 0) is 11.3 Å². The molecular weight excluding hydrogens is 292 g/mol. The van der Waals surface area contributed by atoms with Crippen molar-refractivity contribution in [2.45, 2.75) is 44.5 Å². The topological polar surface area (TPSA) is 63.5 Å². The monoisotopic (exact) mass is 314 g/mol. The molecule has 0 aliphatic heterocycles. The normalized spacial score (nSPS) is 21.3. The summed E-state index contributed by atoms with van der Waals surface area (Å²) in [5.74, 6) is 0.934. The number of hydrogen-bond acceptors (Lipinski definition) is 4. The number of benzene rings is 1. The van der Waals surface area contributed by atoms with Crippen molar-refractivity contribution in [1.82, 2.24) is 10.6 Å². The van der Waals surface area contributed by atoms with Gasteiger partial charge in [0, 0.05) is 12.1 Å². The first-order chi connectivity index (χ1) is 11.2. The van der Waals surface area contributed by atoms with E-state index in [9.17, 15) is 4.79 Å². The molecule has 1 saturated carbocycles. The van der Waals surface area contributed by atoms with Crippen LogP contribution >= 0.6 is 0 Å². The minimum atomic E-state index is -0.351. The fourth-order valence-electron chi connectivity index (χ4n) is 2.78. The van der Waals surface area contributed by atoms with Crippen molar-refractivity contribution in [3.05, 3.63) is 60.1 Å². The molecule has 3 rings (SSSR count). The van der Waals surface area contributed by atoms with E-state index in [0.29, 0.717) is 12.6 Å². The van der Waals surface area contributed by atoms with Crippen LogP contribution in [0, 0.1) is 0 Å². The molecule has 1 atom stereocenters. The number of alkyl carbamates (subject to hydrolysis) is 1. The largest absolute Gasteiger partial charge is 0.468 e. The zero-order valence-electron chi connectivity index (χ0n) is 13.2. The van der Waals surface area contributed by atoms with E-state index >= 15 is 0 Å². The van der Waals surface area contributed by atoms with Crippen LogP contribution in [0.15, 0.2) is 53.1 Å². The van der Waals surface area contributed by atoms with Crippen LogP contribution in [0.3, 0.4) is 0 Å². The molecule has 1 aromatic heterocycles. The highest BCUT2D eigenvalue weighted by atomic mass is 16.5. The summed E-state index contributed by atoms with van der Waals surface area (Å²) in [4.78, 5) is 11.8. The molecule has 1 aliphatic carbocycles. The van der Waals surface area contributed by atoms with E-state index in [-0.39, 0.29) is 18.2 Å². The third-order valence-electron chi connectivity index (χ3n) is 4.13. The minimum absolute atomic E-state index is 0.180. The maximum atomic E-state index is 11.8. The Morgan fingerprint density at radius 3 is 2.70 bits per heavy atom. The summed E-state index contributed by atoms with van der Waals surface area (Å²) in [5.41, 5.74) is 0.989. The van der Waals surface area contributed by atoms with Gasteiger partial charge in [-0.1, -0.05) is 30.3 Å². The molecule has 2 aromatic rings. The van der Waals surface area contributed by atoms with Crippen LogP contribution in [0.1, 0.15) is 37.1 Å². The lowest BCUT2D eigenvalue weighted by molar-refractivity contribution is 0.124. The second-order valence-corrected chi connectivity index (χ2v) is 5.98. The highest BCUT2D eigenvalue weighted by Gasteiger charge is 2.31. The number of carbonyl (C=O) groups is 1. The summed E-state index contributed by atoms with van der Waals surface area (Å²) in [5, 5.41) is 6.39. The molecular formula is C18H22N2O3. The highest BCUT2D eigenvalue weighted by Crippen LogP contribution is 2.24. The predicted molar refractivity (Wildman–Crippen MR) is 86.8 cm³/mol. The molecule has 0 saturated heterocycles. The Balaban J connectivity index is 1.33. The first-order valence-electron chi connectivity index (χ1n) is 7.97. The lowest BCUT2D eigenvalue weighted by Crippen LogP contribution is -2.52. The summed E-state index contributed by atoms with van der Waals surface area (Å²) in [6.45, 7) is 2.38. The van der Waals surface area contributed by atoms with E-state index in [1.807, 2.05) is 42.5 Å². The second kappa shape index (κ2) is 7.33. The molecule has 0 radical (unpaired) electrons. The molecule has 23 heavy (non-hydrogen) atoms. The van der Waals surface area contributed by atoms with Gasteiger partial charge in [0.15, 0.2) is 0 Å². The maximum absolute atomic E-state index is 11.8. The average Bonchev–Trinajstić information content (AvgIpc) is 3.06. The predicted octanol–water partition coefficient (Wildman–Crippen LogP) is 3.39. The number of rotatable bonds is 6. The fraction of sp³-hybridized carbons (Fsp3) is 0.389. The molecule has 1 aliphatic rings. The Hall–Kier alpha value is -2.27. The van der Waals surface area contributed by atoms with Crippen LogP contribution in [0.5, 0.6) is 0 Å². The van der Waals surface area contributed by atoms with Gasteiger partial charge in [0.25, 0.3) is 0 Å². The number of hydrogen-bond donors (Lipinski definition) is 2. The number of carbonyl (C=O) groups excluding carboxylic acids is 1. The van der Waals surface area contributed by atoms with Gasteiger partial charge in [0.2, 0.25) is 0 Å². The van der Waals surface area contributed by atoms with E-state index in [2.05, 4.69) is 17.6 Å². The van der Waals surface area contributed by atoms with Crippen molar-refractivity contribution in [2.75, 3.05) is 0 Å². The molecule has 1 heterocycles. The van der Waals surface area contributed by atoms with E-state index in [0.717, 1.165) is 24.2 Å². The van der Waals surface area contributed by atoms with Crippen molar-refractivity contribution >= 4 is 6.09 Å². The van der Waals surface area contributed by atoms with Gasteiger partial charge in [-0.15, -0.1) is 0 Å². The molecule has 2 N–H and O–H groups in total. The van der Waals surface area contributed by atoms with E-state index in [1.165, 1.54) is 0 Å². The second-order valence-electron chi connectivity index (χ2n) is 5.98. The number of nitrogens with one attached hydrogen (secondary N) is 2.